The third-order valence-corrected chi connectivity index (χ3v) is 2.55. The fourth-order valence-corrected chi connectivity index (χ4v) is 1.90. The molecule has 0 atom stereocenters. The second-order valence-corrected chi connectivity index (χ2v) is 3.37. The molecule has 0 unspecified atom stereocenters. The lowest BCUT2D eigenvalue weighted by molar-refractivity contribution is 0.286. The van der Waals surface area contributed by atoms with Gasteiger partial charge >= 0.3 is 0 Å². The van der Waals surface area contributed by atoms with Gasteiger partial charge in [0.25, 0.3) is 0 Å². The van der Waals surface area contributed by atoms with E-state index in [2.05, 4.69) is 4.57 Å². The topological polar surface area (TPSA) is 31.2 Å². The first-order valence-corrected chi connectivity index (χ1v) is 4.61. The lowest BCUT2D eigenvalue weighted by Gasteiger charge is -2.19. The maximum atomic E-state index is 11.6. The van der Waals surface area contributed by atoms with Crippen LogP contribution in [0.3, 0.4) is 0 Å². The molecule has 70 valence electrons. The van der Waals surface area contributed by atoms with E-state index in [1.54, 1.807) is 6.07 Å². The summed E-state index contributed by atoms with van der Waals surface area (Å²) < 4.78 is 7.56. The fourth-order valence-electron chi connectivity index (χ4n) is 1.90. The Hall–Kier alpha value is -1.77. The number of aromatic nitrogens is 1. The minimum absolute atomic E-state index is 0.0589. The maximum absolute atomic E-state index is 11.6. The SMILES string of the molecule is O=c1ccn2c3c(cccc13)OCC2. The van der Waals surface area contributed by atoms with Crippen molar-refractivity contribution in [3.63, 3.8) is 0 Å². The molecule has 1 aliphatic rings. The van der Waals surface area contributed by atoms with Gasteiger partial charge < -0.3 is 9.30 Å². The Morgan fingerprint density at radius 2 is 2.21 bits per heavy atom. The van der Waals surface area contributed by atoms with E-state index >= 15 is 0 Å². The summed E-state index contributed by atoms with van der Waals surface area (Å²) >= 11 is 0. The Morgan fingerprint density at radius 1 is 1.29 bits per heavy atom. The molecule has 0 fully saturated rings. The quantitative estimate of drug-likeness (QED) is 0.624. The molecule has 3 nitrogen and oxygen atoms in total. The number of nitrogens with zero attached hydrogens (tertiary/aromatic N) is 1. The minimum atomic E-state index is 0.0589. The Labute approximate surface area is 80.5 Å². The van der Waals surface area contributed by atoms with Crippen LogP contribution in [0.2, 0.25) is 0 Å². The predicted molar refractivity (Wildman–Crippen MR) is 53.7 cm³/mol. The van der Waals surface area contributed by atoms with Crippen molar-refractivity contribution in [3.8, 4) is 5.75 Å². The summed E-state index contributed by atoms with van der Waals surface area (Å²) in [6, 6.07) is 7.20. The Morgan fingerprint density at radius 3 is 3.14 bits per heavy atom. The van der Waals surface area contributed by atoms with Crippen molar-refractivity contribution in [2.24, 2.45) is 0 Å². The van der Waals surface area contributed by atoms with Crippen molar-refractivity contribution < 1.29 is 4.74 Å². The molecule has 0 amide bonds. The van der Waals surface area contributed by atoms with Crippen LogP contribution in [-0.2, 0) is 6.54 Å². The van der Waals surface area contributed by atoms with E-state index in [1.807, 2.05) is 24.4 Å². The molecule has 0 bridgehead atoms. The highest BCUT2D eigenvalue weighted by molar-refractivity contribution is 5.85. The van der Waals surface area contributed by atoms with Crippen molar-refractivity contribution in [2.45, 2.75) is 6.54 Å². The lowest BCUT2D eigenvalue weighted by Crippen LogP contribution is -2.18. The number of benzene rings is 1. The summed E-state index contributed by atoms with van der Waals surface area (Å²) in [5, 5.41) is 0.740. The van der Waals surface area contributed by atoms with E-state index in [9.17, 15) is 4.79 Å². The highest BCUT2D eigenvalue weighted by Gasteiger charge is 2.12. The van der Waals surface area contributed by atoms with Gasteiger partial charge in [-0.3, -0.25) is 4.79 Å². The van der Waals surface area contributed by atoms with E-state index in [0.29, 0.717) is 6.61 Å². The summed E-state index contributed by atoms with van der Waals surface area (Å²) in [6.07, 6.45) is 1.83. The second kappa shape index (κ2) is 2.61. The van der Waals surface area contributed by atoms with E-state index < -0.39 is 0 Å². The molecule has 0 spiro atoms. The van der Waals surface area contributed by atoms with E-state index in [0.717, 1.165) is 23.2 Å². The molecular formula is C11H9NO2. The largest absolute Gasteiger partial charge is 0.490 e. The molecule has 3 rings (SSSR count). The smallest absolute Gasteiger partial charge is 0.189 e. The number of pyridine rings is 1. The minimum Gasteiger partial charge on any atom is -0.490 e. The third-order valence-electron chi connectivity index (χ3n) is 2.55. The number of ether oxygens (including phenoxy) is 1. The average Bonchev–Trinajstić information content (AvgIpc) is 2.24. The molecule has 0 N–H and O–H groups in total. The normalized spacial score (nSPS) is 14.0. The molecule has 1 aliphatic heterocycles. The maximum Gasteiger partial charge on any atom is 0.189 e. The molecule has 2 heterocycles. The number of hydrogen-bond donors (Lipinski definition) is 0. The Balaban J connectivity index is 2.57. The zero-order valence-corrected chi connectivity index (χ0v) is 7.56. The van der Waals surface area contributed by atoms with Gasteiger partial charge in [0.15, 0.2) is 5.43 Å². The van der Waals surface area contributed by atoms with E-state index in [1.165, 1.54) is 0 Å². The summed E-state index contributed by atoms with van der Waals surface area (Å²) in [4.78, 5) is 11.6. The number of rotatable bonds is 0. The first kappa shape index (κ1) is 7.62. The molecular weight excluding hydrogens is 178 g/mol. The van der Waals surface area contributed by atoms with Gasteiger partial charge in [-0.05, 0) is 12.1 Å². The van der Waals surface area contributed by atoms with Gasteiger partial charge in [0.05, 0.1) is 12.1 Å². The van der Waals surface area contributed by atoms with E-state index in [-0.39, 0.29) is 5.43 Å². The highest BCUT2D eigenvalue weighted by Crippen LogP contribution is 2.25. The Kier molecular flexibility index (Phi) is 1.42. The Bertz CT molecular complexity index is 546. The molecule has 0 saturated carbocycles. The summed E-state index contributed by atoms with van der Waals surface area (Å²) in [5.41, 5.74) is 0.981. The predicted octanol–water partition coefficient (Wildman–Crippen LogP) is 1.39. The van der Waals surface area contributed by atoms with Crippen molar-refractivity contribution in [3.05, 3.63) is 40.7 Å². The van der Waals surface area contributed by atoms with Gasteiger partial charge in [-0.15, -0.1) is 0 Å². The van der Waals surface area contributed by atoms with Crippen LogP contribution in [0, 0.1) is 0 Å². The van der Waals surface area contributed by atoms with Gasteiger partial charge in [-0.2, -0.15) is 0 Å². The van der Waals surface area contributed by atoms with Crippen LogP contribution in [0.1, 0.15) is 0 Å². The van der Waals surface area contributed by atoms with Crippen LogP contribution >= 0.6 is 0 Å². The number of para-hydroxylation sites is 1. The van der Waals surface area contributed by atoms with Crippen LogP contribution in [-0.4, -0.2) is 11.2 Å². The average molecular weight is 187 g/mol. The first-order valence-electron chi connectivity index (χ1n) is 4.61. The summed E-state index contributed by atoms with van der Waals surface area (Å²) in [5.74, 6) is 0.812. The summed E-state index contributed by atoms with van der Waals surface area (Å²) in [6.45, 7) is 1.49. The zero-order chi connectivity index (χ0) is 9.54. The summed E-state index contributed by atoms with van der Waals surface area (Å²) in [7, 11) is 0. The van der Waals surface area contributed by atoms with Gasteiger partial charge in [0.2, 0.25) is 0 Å². The molecule has 0 radical (unpaired) electrons. The van der Waals surface area contributed by atoms with Crippen molar-refractivity contribution >= 4 is 10.9 Å². The monoisotopic (exact) mass is 187 g/mol. The molecule has 1 aromatic carbocycles. The van der Waals surface area contributed by atoms with Crippen LogP contribution in [0.4, 0.5) is 0 Å². The second-order valence-electron chi connectivity index (χ2n) is 3.37. The molecule has 3 heteroatoms. The molecule has 2 aromatic rings. The van der Waals surface area contributed by atoms with Crippen molar-refractivity contribution in [1.29, 1.82) is 0 Å². The van der Waals surface area contributed by atoms with Gasteiger partial charge in [-0.1, -0.05) is 6.07 Å². The van der Waals surface area contributed by atoms with Crippen molar-refractivity contribution in [1.82, 2.24) is 4.57 Å². The fraction of sp³-hybridized carbons (Fsp3) is 0.182. The van der Waals surface area contributed by atoms with Crippen LogP contribution in [0.5, 0.6) is 5.75 Å². The lowest BCUT2D eigenvalue weighted by atomic mass is 10.2. The third kappa shape index (κ3) is 0.894. The first-order chi connectivity index (χ1) is 6.86. The van der Waals surface area contributed by atoms with Gasteiger partial charge in [0, 0.05) is 17.6 Å². The van der Waals surface area contributed by atoms with Crippen LogP contribution in [0.25, 0.3) is 10.9 Å². The molecule has 14 heavy (non-hydrogen) atoms. The highest BCUT2D eigenvalue weighted by atomic mass is 16.5. The van der Waals surface area contributed by atoms with Crippen LogP contribution in [0.15, 0.2) is 35.3 Å². The van der Waals surface area contributed by atoms with Crippen LogP contribution < -0.4 is 10.2 Å². The molecule has 0 aliphatic carbocycles. The zero-order valence-electron chi connectivity index (χ0n) is 7.56. The molecule has 1 aromatic heterocycles. The molecule has 0 saturated heterocycles. The number of hydrogen-bond acceptors (Lipinski definition) is 2. The van der Waals surface area contributed by atoms with Gasteiger partial charge in [0.1, 0.15) is 12.4 Å². The van der Waals surface area contributed by atoms with E-state index in [4.69, 9.17) is 4.74 Å². The van der Waals surface area contributed by atoms with Gasteiger partial charge in [-0.25, -0.2) is 0 Å². The standard InChI is InChI=1S/C11H9NO2/c13-9-4-5-12-6-7-14-10-3-1-2-8(9)11(10)12/h1-5H,6-7H2. The van der Waals surface area contributed by atoms with Crippen molar-refractivity contribution in [2.75, 3.05) is 6.61 Å².